The summed E-state index contributed by atoms with van der Waals surface area (Å²) in [6.07, 6.45) is 6.68. The molecular weight excluding hydrogens is 180 g/mol. The van der Waals surface area contributed by atoms with Crippen LogP contribution in [0.25, 0.3) is 0 Å². The van der Waals surface area contributed by atoms with Gasteiger partial charge in [0.05, 0.1) is 6.10 Å². The van der Waals surface area contributed by atoms with E-state index < -0.39 is 0 Å². The van der Waals surface area contributed by atoms with Gasteiger partial charge in [-0.05, 0) is 25.7 Å². The molecule has 0 aromatic carbocycles. The van der Waals surface area contributed by atoms with E-state index in [1.807, 2.05) is 0 Å². The van der Waals surface area contributed by atoms with E-state index in [4.69, 9.17) is 9.47 Å². The van der Waals surface area contributed by atoms with E-state index >= 15 is 0 Å². The molecule has 2 atom stereocenters. The third-order valence-corrected chi connectivity index (χ3v) is 2.45. The summed E-state index contributed by atoms with van der Waals surface area (Å²) in [7, 11) is 0. The lowest BCUT2D eigenvalue weighted by molar-refractivity contribution is -0.189. The molecule has 0 bridgehead atoms. The zero-order valence-corrected chi connectivity index (χ0v) is 8.91. The Morgan fingerprint density at radius 1 is 1.57 bits per heavy atom. The van der Waals surface area contributed by atoms with Gasteiger partial charge in [-0.1, -0.05) is 13.3 Å². The summed E-state index contributed by atoms with van der Waals surface area (Å²) in [5, 5.41) is 0. The van der Waals surface area contributed by atoms with E-state index in [0.29, 0.717) is 6.42 Å². The van der Waals surface area contributed by atoms with Gasteiger partial charge in [0.2, 0.25) is 0 Å². The second-order valence-electron chi connectivity index (χ2n) is 3.75. The van der Waals surface area contributed by atoms with Crippen molar-refractivity contribution in [1.82, 2.24) is 0 Å². The molecule has 0 N–H and O–H groups in total. The average molecular weight is 200 g/mol. The number of carbonyl (C=O) groups excluding carboxylic acids is 1. The van der Waals surface area contributed by atoms with Crippen molar-refractivity contribution in [1.29, 1.82) is 0 Å². The van der Waals surface area contributed by atoms with Gasteiger partial charge in [-0.25, -0.2) is 0 Å². The molecule has 1 aliphatic rings. The SMILES string of the molecule is CCC[C@@H](CC=O)OC1CCCCO1. The van der Waals surface area contributed by atoms with Crippen LogP contribution >= 0.6 is 0 Å². The fraction of sp³-hybridized carbons (Fsp3) is 0.909. The molecule has 1 heterocycles. The molecular formula is C11H20O3. The van der Waals surface area contributed by atoms with Gasteiger partial charge in [-0.2, -0.15) is 0 Å². The summed E-state index contributed by atoms with van der Waals surface area (Å²) < 4.78 is 11.2. The lowest BCUT2D eigenvalue weighted by atomic mass is 10.1. The first kappa shape index (κ1) is 11.7. The predicted octanol–water partition coefficient (Wildman–Crippen LogP) is 2.29. The molecule has 1 rings (SSSR count). The van der Waals surface area contributed by atoms with E-state index in [1.165, 1.54) is 6.42 Å². The quantitative estimate of drug-likeness (QED) is 0.617. The van der Waals surface area contributed by atoms with Gasteiger partial charge in [0.25, 0.3) is 0 Å². The van der Waals surface area contributed by atoms with Crippen LogP contribution in [0.15, 0.2) is 0 Å². The fourth-order valence-corrected chi connectivity index (χ4v) is 1.70. The van der Waals surface area contributed by atoms with Gasteiger partial charge < -0.3 is 14.3 Å². The van der Waals surface area contributed by atoms with Crippen LogP contribution in [0, 0.1) is 0 Å². The highest BCUT2D eigenvalue weighted by atomic mass is 16.7. The van der Waals surface area contributed by atoms with Crippen LogP contribution in [0.5, 0.6) is 0 Å². The van der Waals surface area contributed by atoms with Gasteiger partial charge in [0, 0.05) is 13.0 Å². The molecule has 82 valence electrons. The van der Waals surface area contributed by atoms with Crippen LogP contribution in [0.3, 0.4) is 0 Å². The molecule has 1 fully saturated rings. The van der Waals surface area contributed by atoms with E-state index in [9.17, 15) is 4.79 Å². The highest BCUT2D eigenvalue weighted by molar-refractivity contribution is 5.50. The molecule has 0 radical (unpaired) electrons. The molecule has 3 nitrogen and oxygen atoms in total. The standard InChI is InChI=1S/C11H20O3/c1-2-5-10(7-8-12)14-11-6-3-4-9-13-11/h8,10-11H,2-7,9H2,1H3/t10-,11?/m0/s1. The molecule has 0 aromatic heterocycles. The summed E-state index contributed by atoms with van der Waals surface area (Å²) in [4.78, 5) is 10.4. The van der Waals surface area contributed by atoms with Crippen molar-refractivity contribution in [3.63, 3.8) is 0 Å². The van der Waals surface area contributed by atoms with Gasteiger partial charge in [0.15, 0.2) is 6.29 Å². The van der Waals surface area contributed by atoms with Crippen molar-refractivity contribution in [3.05, 3.63) is 0 Å². The molecule has 3 heteroatoms. The monoisotopic (exact) mass is 200 g/mol. The third kappa shape index (κ3) is 4.20. The van der Waals surface area contributed by atoms with E-state index in [2.05, 4.69) is 6.92 Å². The van der Waals surface area contributed by atoms with Crippen molar-refractivity contribution >= 4 is 6.29 Å². The second kappa shape index (κ2) is 6.96. The Bertz CT molecular complexity index is 153. The number of carbonyl (C=O) groups is 1. The van der Waals surface area contributed by atoms with Gasteiger partial charge in [-0.3, -0.25) is 0 Å². The minimum absolute atomic E-state index is 0.0561. The first-order valence-electron chi connectivity index (χ1n) is 5.57. The Kier molecular flexibility index (Phi) is 5.80. The molecule has 1 aliphatic heterocycles. The zero-order valence-electron chi connectivity index (χ0n) is 8.91. The normalized spacial score (nSPS) is 24.5. The number of hydrogen-bond acceptors (Lipinski definition) is 3. The minimum atomic E-state index is -0.0692. The molecule has 0 spiro atoms. The summed E-state index contributed by atoms with van der Waals surface area (Å²) >= 11 is 0. The maximum absolute atomic E-state index is 10.4. The molecule has 0 saturated carbocycles. The Hall–Kier alpha value is -0.410. The fourth-order valence-electron chi connectivity index (χ4n) is 1.70. The van der Waals surface area contributed by atoms with Crippen molar-refractivity contribution < 1.29 is 14.3 Å². The third-order valence-electron chi connectivity index (χ3n) is 2.45. The minimum Gasteiger partial charge on any atom is -0.353 e. The second-order valence-corrected chi connectivity index (χ2v) is 3.75. The maximum Gasteiger partial charge on any atom is 0.157 e. The first-order valence-corrected chi connectivity index (χ1v) is 5.57. The van der Waals surface area contributed by atoms with Crippen molar-refractivity contribution in [3.8, 4) is 0 Å². The lowest BCUT2D eigenvalue weighted by Gasteiger charge is -2.26. The smallest absolute Gasteiger partial charge is 0.157 e. The highest BCUT2D eigenvalue weighted by Crippen LogP contribution is 2.18. The number of rotatable bonds is 6. The first-order chi connectivity index (χ1) is 6.86. The largest absolute Gasteiger partial charge is 0.353 e. The van der Waals surface area contributed by atoms with Gasteiger partial charge >= 0.3 is 0 Å². The lowest BCUT2D eigenvalue weighted by Crippen LogP contribution is -2.28. The van der Waals surface area contributed by atoms with E-state index in [-0.39, 0.29) is 12.4 Å². The maximum atomic E-state index is 10.4. The average Bonchev–Trinajstić information content (AvgIpc) is 2.20. The molecule has 0 aliphatic carbocycles. The Morgan fingerprint density at radius 3 is 3.00 bits per heavy atom. The van der Waals surface area contributed by atoms with Crippen LogP contribution < -0.4 is 0 Å². The Labute approximate surface area is 85.8 Å². The highest BCUT2D eigenvalue weighted by Gasteiger charge is 2.18. The zero-order chi connectivity index (χ0) is 10.2. The molecule has 0 amide bonds. The summed E-state index contributed by atoms with van der Waals surface area (Å²) in [6.45, 7) is 2.90. The number of ether oxygens (including phenoxy) is 2. The summed E-state index contributed by atoms with van der Waals surface area (Å²) in [5.41, 5.74) is 0. The van der Waals surface area contributed by atoms with Crippen LogP contribution in [0.1, 0.15) is 45.4 Å². The van der Waals surface area contributed by atoms with Gasteiger partial charge in [-0.15, -0.1) is 0 Å². The molecule has 0 aromatic rings. The Balaban J connectivity index is 2.25. The van der Waals surface area contributed by atoms with Gasteiger partial charge in [0.1, 0.15) is 6.29 Å². The molecule has 1 saturated heterocycles. The van der Waals surface area contributed by atoms with Crippen molar-refractivity contribution in [2.75, 3.05) is 6.61 Å². The van der Waals surface area contributed by atoms with Crippen LogP contribution in [-0.2, 0) is 14.3 Å². The van der Waals surface area contributed by atoms with Crippen LogP contribution in [0.4, 0.5) is 0 Å². The number of hydrogen-bond donors (Lipinski definition) is 0. The number of aldehydes is 1. The summed E-state index contributed by atoms with van der Waals surface area (Å²) in [6, 6.07) is 0. The van der Waals surface area contributed by atoms with E-state index in [1.54, 1.807) is 0 Å². The molecule has 14 heavy (non-hydrogen) atoms. The summed E-state index contributed by atoms with van der Waals surface area (Å²) in [5.74, 6) is 0. The van der Waals surface area contributed by atoms with Crippen molar-refractivity contribution in [2.45, 2.75) is 57.8 Å². The molecule has 1 unspecified atom stereocenters. The predicted molar refractivity (Wildman–Crippen MR) is 54.1 cm³/mol. The van der Waals surface area contributed by atoms with Crippen LogP contribution in [0.2, 0.25) is 0 Å². The Morgan fingerprint density at radius 2 is 2.43 bits per heavy atom. The van der Waals surface area contributed by atoms with Crippen molar-refractivity contribution in [2.24, 2.45) is 0 Å². The van der Waals surface area contributed by atoms with Crippen LogP contribution in [-0.4, -0.2) is 25.3 Å². The topological polar surface area (TPSA) is 35.5 Å². The van der Waals surface area contributed by atoms with E-state index in [0.717, 1.165) is 38.6 Å².